The van der Waals surface area contributed by atoms with E-state index in [4.69, 9.17) is 5.11 Å². The smallest absolute Gasteiger partial charge is 0.416 e. The SMILES string of the molecule is CC(=O)N[C@H](C(=O)O)[C@@H](C)c1ccc(C(F)(F)F)cc1. The maximum atomic E-state index is 12.4. The molecule has 0 aromatic heterocycles. The van der Waals surface area contributed by atoms with Gasteiger partial charge in [0.2, 0.25) is 5.91 Å². The van der Waals surface area contributed by atoms with Gasteiger partial charge in [-0.1, -0.05) is 19.1 Å². The van der Waals surface area contributed by atoms with Gasteiger partial charge in [0, 0.05) is 12.8 Å². The largest absolute Gasteiger partial charge is 0.480 e. The van der Waals surface area contributed by atoms with Crippen molar-refractivity contribution in [2.24, 2.45) is 0 Å². The maximum Gasteiger partial charge on any atom is 0.416 e. The van der Waals surface area contributed by atoms with Crippen LogP contribution in [0, 0.1) is 0 Å². The van der Waals surface area contributed by atoms with Crippen LogP contribution in [0.3, 0.4) is 0 Å². The quantitative estimate of drug-likeness (QED) is 0.894. The average Bonchev–Trinajstić information content (AvgIpc) is 2.33. The van der Waals surface area contributed by atoms with Crippen LogP contribution in [0.25, 0.3) is 0 Å². The maximum absolute atomic E-state index is 12.4. The topological polar surface area (TPSA) is 66.4 Å². The molecule has 0 saturated heterocycles. The highest BCUT2D eigenvalue weighted by Gasteiger charge is 2.31. The minimum atomic E-state index is -4.44. The third kappa shape index (κ3) is 3.97. The highest BCUT2D eigenvalue weighted by Crippen LogP contribution is 2.30. The van der Waals surface area contributed by atoms with Gasteiger partial charge in [0.15, 0.2) is 0 Å². The molecule has 0 aliphatic carbocycles. The zero-order valence-corrected chi connectivity index (χ0v) is 10.9. The summed E-state index contributed by atoms with van der Waals surface area (Å²) in [6.45, 7) is 2.70. The molecule has 1 rings (SSSR count). The Labute approximate surface area is 113 Å². The van der Waals surface area contributed by atoms with E-state index >= 15 is 0 Å². The Hall–Kier alpha value is -2.05. The summed E-state index contributed by atoms with van der Waals surface area (Å²) in [5.74, 6) is -2.41. The number of carbonyl (C=O) groups is 2. The van der Waals surface area contributed by atoms with Crippen molar-refractivity contribution in [3.63, 3.8) is 0 Å². The molecule has 0 aliphatic rings. The number of amides is 1. The van der Waals surface area contributed by atoms with Crippen molar-refractivity contribution in [2.75, 3.05) is 0 Å². The standard InChI is InChI=1S/C13H14F3NO3/c1-7(11(12(19)20)17-8(2)18)9-3-5-10(6-4-9)13(14,15)16/h3-7,11H,1-2H3,(H,17,18)(H,19,20)/t7-,11-/m0/s1. The van der Waals surface area contributed by atoms with Crippen molar-refractivity contribution >= 4 is 11.9 Å². The lowest BCUT2D eigenvalue weighted by atomic mass is 9.92. The van der Waals surface area contributed by atoms with E-state index in [1.165, 1.54) is 26.0 Å². The number of alkyl halides is 3. The van der Waals surface area contributed by atoms with Gasteiger partial charge in [0.1, 0.15) is 6.04 Å². The molecule has 0 radical (unpaired) electrons. The second-order valence-corrected chi connectivity index (χ2v) is 4.42. The lowest BCUT2D eigenvalue weighted by molar-refractivity contribution is -0.142. The molecule has 110 valence electrons. The van der Waals surface area contributed by atoms with Crippen molar-refractivity contribution < 1.29 is 27.9 Å². The summed E-state index contributed by atoms with van der Waals surface area (Å²) in [4.78, 5) is 22.0. The number of hydrogen-bond acceptors (Lipinski definition) is 2. The summed E-state index contributed by atoms with van der Waals surface area (Å²) in [5.41, 5.74) is -0.404. The highest BCUT2D eigenvalue weighted by atomic mass is 19.4. The Morgan fingerprint density at radius 3 is 2.05 bits per heavy atom. The van der Waals surface area contributed by atoms with E-state index in [2.05, 4.69) is 5.32 Å². The first kappa shape index (κ1) is 16.0. The molecule has 0 bridgehead atoms. The van der Waals surface area contributed by atoms with E-state index in [0.717, 1.165) is 12.1 Å². The van der Waals surface area contributed by atoms with Crippen LogP contribution in [0.15, 0.2) is 24.3 Å². The van der Waals surface area contributed by atoms with Gasteiger partial charge in [-0.25, -0.2) is 4.79 Å². The van der Waals surface area contributed by atoms with E-state index in [-0.39, 0.29) is 0 Å². The first-order valence-electron chi connectivity index (χ1n) is 5.80. The van der Waals surface area contributed by atoms with Crippen molar-refractivity contribution in [1.29, 1.82) is 0 Å². The third-order valence-corrected chi connectivity index (χ3v) is 2.89. The lowest BCUT2D eigenvalue weighted by Gasteiger charge is -2.21. The Balaban J connectivity index is 2.98. The Morgan fingerprint density at radius 1 is 1.20 bits per heavy atom. The van der Waals surface area contributed by atoms with Crippen LogP contribution in [0.4, 0.5) is 13.2 Å². The van der Waals surface area contributed by atoms with Crippen LogP contribution in [0.2, 0.25) is 0 Å². The molecule has 1 aromatic rings. The van der Waals surface area contributed by atoms with Crippen LogP contribution in [-0.4, -0.2) is 23.0 Å². The third-order valence-electron chi connectivity index (χ3n) is 2.89. The minimum absolute atomic E-state index is 0.402. The van der Waals surface area contributed by atoms with Gasteiger partial charge in [0.25, 0.3) is 0 Å². The zero-order chi connectivity index (χ0) is 15.5. The van der Waals surface area contributed by atoms with Gasteiger partial charge in [-0.15, -0.1) is 0 Å². The van der Waals surface area contributed by atoms with E-state index in [1.54, 1.807) is 0 Å². The van der Waals surface area contributed by atoms with Crippen molar-refractivity contribution in [1.82, 2.24) is 5.32 Å². The molecular formula is C13H14F3NO3. The Morgan fingerprint density at radius 2 is 1.70 bits per heavy atom. The number of aliphatic carboxylic acids is 1. The number of carboxylic acid groups (broad SMARTS) is 1. The monoisotopic (exact) mass is 289 g/mol. The molecule has 20 heavy (non-hydrogen) atoms. The molecule has 1 aromatic carbocycles. The van der Waals surface area contributed by atoms with Crippen LogP contribution >= 0.6 is 0 Å². The molecule has 0 aliphatic heterocycles. The number of benzene rings is 1. The number of carboxylic acids is 1. The van der Waals surface area contributed by atoms with Gasteiger partial charge >= 0.3 is 12.1 Å². The fourth-order valence-corrected chi connectivity index (χ4v) is 1.79. The van der Waals surface area contributed by atoms with Gasteiger partial charge in [0.05, 0.1) is 5.56 Å². The summed E-state index contributed by atoms with van der Waals surface area (Å²) >= 11 is 0. The molecule has 4 nitrogen and oxygen atoms in total. The first-order valence-corrected chi connectivity index (χ1v) is 5.80. The van der Waals surface area contributed by atoms with E-state index in [9.17, 15) is 22.8 Å². The summed E-state index contributed by atoms with van der Waals surface area (Å²) in [6.07, 6.45) is -4.44. The van der Waals surface area contributed by atoms with Crippen molar-refractivity contribution in [3.05, 3.63) is 35.4 Å². The van der Waals surface area contributed by atoms with Crippen molar-refractivity contribution in [2.45, 2.75) is 32.0 Å². The van der Waals surface area contributed by atoms with Gasteiger partial charge in [-0.2, -0.15) is 13.2 Å². The second kappa shape index (κ2) is 5.94. The summed E-state index contributed by atoms with van der Waals surface area (Å²) < 4.78 is 37.3. The predicted octanol–water partition coefficient (Wildman–Crippen LogP) is 2.40. The Bertz CT molecular complexity index is 497. The fourth-order valence-electron chi connectivity index (χ4n) is 1.79. The summed E-state index contributed by atoms with van der Waals surface area (Å²) in [6, 6.07) is 3.01. The van der Waals surface area contributed by atoms with Crippen LogP contribution in [-0.2, 0) is 15.8 Å². The van der Waals surface area contributed by atoms with E-state index in [1.807, 2.05) is 0 Å². The molecule has 2 atom stereocenters. The molecule has 0 saturated carbocycles. The average molecular weight is 289 g/mol. The second-order valence-electron chi connectivity index (χ2n) is 4.42. The van der Waals surface area contributed by atoms with Gasteiger partial charge in [-0.3, -0.25) is 4.79 Å². The molecular weight excluding hydrogens is 275 g/mol. The molecule has 0 unspecified atom stereocenters. The normalized spacial score (nSPS) is 14.4. The molecule has 1 amide bonds. The van der Waals surface area contributed by atoms with Crippen molar-refractivity contribution in [3.8, 4) is 0 Å². The first-order chi connectivity index (χ1) is 9.12. The van der Waals surface area contributed by atoms with Gasteiger partial charge < -0.3 is 10.4 Å². The number of hydrogen-bond donors (Lipinski definition) is 2. The number of rotatable bonds is 4. The zero-order valence-electron chi connectivity index (χ0n) is 10.9. The number of halogens is 3. The molecule has 7 heteroatoms. The highest BCUT2D eigenvalue weighted by molar-refractivity contribution is 5.83. The van der Waals surface area contributed by atoms with Gasteiger partial charge in [-0.05, 0) is 17.7 Å². The molecule has 0 fully saturated rings. The lowest BCUT2D eigenvalue weighted by Crippen LogP contribution is -2.43. The summed E-state index contributed by atoms with van der Waals surface area (Å²) in [5, 5.41) is 11.3. The fraction of sp³-hybridized carbons (Fsp3) is 0.385. The van der Waals surface area contributed by atoms with E-state index in [0.29, 0.717) is 5.56 Å². The summed E-state index contributed by atoms with van der Waals surface area (Å²) in [7, 11) is 0. The number of carbonyl (C=O) groups excluding carboxylic acids is 1. The predicted molar refractivity (Wildman–Crippen MR) is 65.1 cm³/mol. The minimum Gasteiger partial charge on any atom is -0.480 e. The van der Waals surface area contributed by atoms with Crippen LogP contribution in [0.5, 0.6) is 0 Å². The van der Waals surface area contributed by atoms with E-state index < -0.39 is 35.6 Å². The molecule has 2 N–H and O–H groups in total. The molecule has 0 heterocycles. The molecule has 0 spiro atoms. The Kier molecular flexibility index (Phi) is 4.75. The van der Waals surface area contributed by atoms with Crippen LogP contribution < -0.4 is 5.32 Å². The van der Waals surface area contributed by atoms with Crippen LogP contribution in [0.1, 0.15) is 30.9 Å². The number of nitrogens with one attached hydrogen (secondary N) is 1.